The molecule has 1 aromatic rings. The van der Waals surface area contributed by atoms with Crippen LogP contribution >= 0.6 is 15.9 Å². The van der Waals surface area contributed by atoms with E-state index in [0.29, 0.717) is 23.1 Å². The van der Waals surface area contributed by atoms with Gasteiger partial charge < -0.3 is 4.90 Å². The summed E-state index contributed by atoms with van der Waals surface area (Å²) in [7, 11) is 0. The fourth-order valence-corrected chi connectivity index (χ4v) is 4.06. The van der Waals surface area contributed by atoms with Crippen molar-refractivity contribution in [2.75, 3.05) is 31.5 Å². The fourth-order valence-electron chi connectivity index (χ4n) is 3.71. The van der Waals surface area contributed by atoms with Crippen LogP contribution in [-0.4, -0.2) is 37.5 Å². The molecule has 0 aliphatic heterocycles. The van der Waals surface area contributed by atoms with Crippen LogP contribution < -0.4 is 4.90 Å². The first-order valence-corrected chi connectivity index (χ1v) is 10.1. The fraction of sp³-hybridized carbons (Fsp3) is 0.684. The highest BCUT2D eigenvalue weighted by molar-refractivity contribution is 9.10. The first kappa shape index (κ1) is 22.0. The summed E-state index contributed by atoms with van der Waals surface area (Å²) in [6, 6.07) is 5.09. The van der Waals surface area contributed by atoms with Gasteiger partial charge in [-0.3, -0.25) is 23.3 Å². The molecule has 0 N–H and O–H groups in total. The SMILES string of the molecule is O=[N+]([O-])c1cc(Br)ccc1N(CCCC(CF)(CF)CF)C1CCCCC1. The molecule has 0 unspecified atom stereocenters. The van der Waals surface area contributed by atoms with E-state index in [1.807, 2.05) is 4.90 Å². The standard InChI is InChI=1S/C19H26BrF3N2O2/c20-15-7-8-17(18(11-15)25(26)27)24(16-5-2-1-3-6-16)10-4-9-19(12-21,13-22)14-23/h7-8,11,16H,1-6,9-10,12-14H2. The highest BCUT2D eigenvalue weighted by atomic mass is 79.9. The van der Waals surface area contributed by atoms with Gasteiger partial charge in [0.25, 0.3) is 5.69 Å². The van der Waals surface area contributed by atoms with E-state index in [4.69, 9.17) is 0 Å². The van der Waals surface area contributed by atoms with E-state index in [2.05, 4.69) is 15.9 Å². The van der Waals surface area contributed by atoms with Crippen molar-refractivity contribution < 1.29 is 18.1 Å². The van der Waals surface area contributed by atoms with Crippen LogP contribution in [0.3, 0.4) is 0 Å². The van der Waals surface area contributed by atoms with Gasteiger partial charge in [0.1, 0.15) is 25.7 Å². The third-order valence-corrected chi connectivity index (χ3v) is 5.91. The summed E-state index contributed by atoms with van der Waals surface area (Å²) in [6.45, 7) is -2.71. The molecule has 0 amide bonds. The van der Waals surface area contributed by atoms with Crippen LogP contribution in [0, 0.1) is 15.5 Å². The molecule has 0 bridgehead atoms. The van der Waals surface area contributed by atoms with E-state index in [1.54, 1.807) is 12.1 Å². The predicted octanol–water partition coefficient (Wildman–Crippen LogP) is 6.17. The third kappa shape index (κ3) is 5.59. The Labute approximate surface area is 166 Å². The van der Waals surface area contributed by atoms with Crippen LogP contribution in [0.5, 0.6) is 0 Å². The van der Waals surface area contributed by atoms with Crippen LogP contribution in [0.2, 0.25) is 0 Å². The lowest BCUT2D eigenvalue weighted by atomic mass is 9.87. The number of hydrogen-bond acceptors (Lipinski definition) is 3. The summed E-state index contributed by atoms with van der Waals surface area (Å²) < 4.78 is 40.0. The molecule has 27 heavy (non-hydrogen) atoms. The van der Waals surface area contributed by atoms with Crippen molar-refractivity contribution in [2.45, 2.75) is 51.0 Å². The van der Waals surface area contributed by atoms with Crippen LogP contribution in [0.1, 0.15) is 44.9 Å². The monoisotopic (exact) mass is 450 g/mol. The maximum Gasteiger partial charge on any atom is 0.293 e. The van der Waals surface area contributed by atoms with Crippen molar-refractivity contribution in [1.29, 1.82) is 0 Å². The minimum Gasteiger partial charge on any atom is -0.363 e. The second-order valence-electron chi connectivity index (χ2n) is 7.38. The maximum atomic E-state index is 13.1. The molecule has 0 radical (unpaired) electrons. The number of nitro groups is 1. The average Bonchev–Trinajstić information content (AvgIpc) is 2.70. The Morgan fingerprint density at radius 1 is 1.15 bits per heavy atom. The zero-order valence-electron chi connectivity index (χ0n) is 15.3. The van der Waals surface area contributed by atoms with Crippen LogP contribution in [0.25, 0.3) is 0 Å². The number of alkyl halides is 3. The molecule has 0 saturated heterocycles. The lowest BCUT2D eigenvalue weighted by molar-refractivity contribution is -0.384. The van der Waals surface area contributed by atoms with Gasteiger partial charge in [-0.05, 0) is 37.8 Å². The van der Waals surface area contributed by atoms with Gasteiger partial charge in [-0.1, -0.05) is 35.2 Å². The minimum absolute atomic E-state index is 0.00249. The lowest BCUT2D eigenvalue weighted by Crippen LogP contribution is -2.39. The van der Waals surface area contributed by atoms with E-state index < -0.39 is 30.4 Å². The first-order valence-electron chi connectivity index (χ1n) is 9.35. The molecule has 4 nitrogen and oxygen atoms in total. The Bertz CT molecular complexity index is 615. The highest BCUT2D eigenvalue weighted by Crippen LogP contribution is 2.36. The van der Waals surface area contributed by atoms with Crippen molar-refractivity contribution in [3.8, 4) is 0 Å². The molecule has 0 spiro atoms. The number of nitro benzene ring substituents is 1. The van der Waals surface area contributed by atoms with Gasteiger partial charge in [-0.2, -0.15) is 0 Å². The van der Waals surface area contributed by atoms with Crippen molar-refractivity contribution in [3.63, 3.8) is 0 Å². The second kappa shape index (κ2) is 10.3. The van der Waals surface area contributed by atoms with E-state index >= 15 is 0 Å². The van der Waals surface area contributed by atoms with Crippen LogP contribution in [-0.2, 0) is 0 Å². The first-order chi connectivity index (χ1) is 13.0. The largest absolute Gasteiger partial charge is 0.363 e. The Balaban J connectivity index is 2.23. The second-order valence-corrected chi connectivity index (χ2v) is 8.30. The molecule has 0 aromatic heterocycles. The number of anilines is 1. The summed E-state index contributed by atoms with van der Waals surface area (Å²) in [6.07, 6.45) is 5.54. The molecule has 152 valence electrons. The molecule has 2 rings (SSSR count). The summed E-state index contributed by atoms with van der Waals surface area (Å²) >= 11 is 3.27. The lowest BCUT2D eigenvalue weighted by Gasteiger charge is -2.36. The predicted molar refractivity (Wildman–Crippen MR) is 105 cm³/mol. The number of benzene rings is 1. The van der Waals surface area contributed by atoms with Gasteiger partial charge in [-0.15, -0.1) is 0 Å². The zero-order chi connectivity index (χ0) is 19.9. The number of halogens is 4. The zero-order valence-corrected chi connectivity index (χ0v) is 16.9. The van der Waals surface area contributed by atoms with Crippen LogP contribution in [0.15, 0.2) is 22.7 Å². The van der Waals surface area contributed by atoms with Crippen molar-refractivity contribution >= 4 is 27.3 Å². The number of rotatable bonds is 10. The quantitative estimate of drug-likeness (QED) is 0.316. The molecule has 0 atom stereocenters. The van der Waals surface area contributed by atoms with E-state index in [0.717, 1.165) is 32.1 Å². The highest BCUT2D eigenvalue weighted by Gasteiger charge is 2.32. The Kier molecular flexibility index (Phi) is 8.38. The normalized spacial score (nSPS) is 15.7. The summed E-state index contributed by atoms with van der Waals surface area (Å²) in [5, 5.41) is 11.5. The van der Waals surface area contributed by atoms with Gasteiger partial charge in [-0.25, -0.2) is 0 Å². The molecule has 1 fully saturated rings. The summed E-state index contributed by atoms with van der Waals surface area (Å²) in [5.74, 6) is 0. The van der Waals surface area contributed by atoms with Crippen molar-refractivity contribution in [1.82, 2.24) is 0 Å². The summed E-state index contributed by atoms with van der Waals surface area (Å²) in [4.78, 5) is 13.1. The number of hydrogen-bond donors (Lipinski definition) is 0. The third-order valence-electron chi connectivity index (χ3n) is 5.42. The molecule has 1 aliphatic carbocycles. The topological polar surface area (TPSA) is 46.4 Å². The van der Waals surface area contributed by atoms with E-state index in [1.165, 1.54) is 6.07 Å². The van der Waals surface area contributed by atoms with Crippen LogP contribution in [0.4, 0.5) is 24.5 Å². The van der Waals surface area contributed by atoms with Gasteiger partial charge in [0.15, 0.2) is 0 Å². The van der Waals surface area contributed by atoms with Gasteiger partial charge in [0.2, 0.25) is 0 Å². The molecular weight excluding hydrogens is 425 g/mol. The maximum absolute atomic E-state index is 13.1. The van der Waals surface area contributed by atoms with E-state index in [-0.39, 0.29) is 18.2 Å². The molecule has 0 heterocycles. The molecular formula is C19H26BrF3N2O2. The Hall–Kier alpha value is -1.31. The smallest absolute Gasteiger partial charge is 0.293 e. The molecule has 8 heteroatoms. The Morgan fingerprint density at radius 3 is 2.33 bits per heavy atom. The van der Waals surface area contributed by atoms with Gasteiger partial charge in [0.05, 0.1) is 10.3 Å². The Morgan fingerprint density at radius 2 is 1.78 bits per heavy atom. The van der Waals surface area contributed by atoms with Crippen molar-refractivity contribution in [2.24, 2.45) is 5.41 Å². The number of nitrogens with zero attached hydrogens (tertiary/aromatic N) is 2. The molecule has 1 aliphatic rings. The molecule has 1 aromatic carbocycles. The minimum atomic E-state index is -1.58. The molecule has 1 saturated carbocycles. The van der Waals surface area contributed by atoms with Gasteiger partial charge >= 0.3 is 0 Å². The summed E-state index contributed by atoms with van der Waals surface area (Å²) in [5.41, 5.74) is -1.06. The van der Waals surface area contributed by atoms with Gasteiger partial charge in [0, 0.05) is 23.1 Å². The van der Waals surface area contributed by atoms with E-state index in [9.17, 15) is 23.3 Å². The average molecular weight is 451 g/mol. The van der Waals surface area contributed by atoms with Crippen molar-refractivity contribution in [3.05, 3.63) is 32.8 Å².